The van der Waals surface area contributed by atoms with Crippen molar-refractivity contribution >= 4 is 11.9 Å². The Morgan fingerprint density at radius 2 is 1.73 bits per heavy atom. The van der Waals surface area contributed by atoms with Gasteiger partial charge in [0.05, 0.1) is 20.1 Å². The number of hydrogen-bond donors (Lipinski definition) is 0. The summed E-state index contributed by atoms with van der Waals surface area (Å²) < 4.78 is 9.17. The molecule has 0 heterocycles. The summed E-state index contributed by atoms with van der Waals surface area (Å²) in [6, 6.07) is 0. The molecule has 4 nitrogen and oxygen atoms in total. The van der Waals surface area contributed by atoms with Crippen LogP contribution in [0.5, 0.6) is 0 Å². The molecule has 88 valence electrons. The van der Waals surface area contributed by atoms with Gasteiger partial charge in [0.15, 0.2) is 0 Å². The highest BCUT2D eigenvalue weighted by atomic mass is 16.5. The monoisotopic (exact) mass is 216 g/mol. The Bertz CT molecular complexity index is 213. The van der Waals surface area contributed by atoms with Gasteiger partial charge in [-0.1, -0.05) is 13.8 Å². The van der Waals surface area contributed by atoms with Crippen LogP contribution in [0.15, 0.2) is 0 Å². The molecule has 4 heteroatoms. The van der Waals surface area contributed by atoms with Crippen LogP contribution in [-0.4, -0.2) is 26.2 Å². The Morgan fingerprint density at radius 1 is 1.13 bits per heavy atom. The van der Waals surface area contributed by atoms with E-state index in [1.807, 2.05) is 13.8 Å². The normalized spacial score (nSPS) is 14.1. The minimum atomic E-state index is -0.201. The smallest absolute Gasteiger partial charge is 0.308 e. The van der Waals surface area contributed by atoms with Gasteiger partial charge < -0.3 is 9.47 Å². The van der Waals surface area contributed by atoms with Gasteiger partial charge in [0.2, 0.25) is 0 Å². The number of ether oxygens (including phenoxy) is 2. The van der Waals surface area contributed by atoms with Gasteiger partial charge in [-0.2, -0.15) is 0 Å². The number of carbonyl (C=O) groups is 2. The van der Waals surface area contributed by atoms with Crippen molar-refractivity contribution in [2.24, 2.45) is 11.8 Å². The lowest BCUT2D eigenvalue weighted by molar-refractivity contribution is -0.145. The van der Waals surface area contributed by atoms with E-state index < -0.39 is 0 Å². The van der Waals surface area contributed by atoms with Crippen molar-refractivity contribution in [3.05, 3.63) is 0 Å². The van der Waals surface area contributed by atoms with Gasteiger partial charge in [0, 0.05) is 6.42 Å². The molecule has 0 saturated heterocycles. The maximum absolute atomic E-state index is 11.1. The van der Waals surface area contributed by atoms with Crippen LogP contribution in [0.2, 0.25) is 0 Å². The molecule has 0 N–H and O–H groups in total. The van der Waals surface area contributed by atoms with Gasteiger partial charge in [0.25, 0.3) is 0 Å². The minimum absolute atomic E-state index is 0.109. The molecule has 2 unspecified atom stereocenters. The second-order valence-electron chi connectivity index (χ2n) is 3.88. The maximum atomic E-state index is 11.1. The highest BCUT2D eigenvalue weighted by Crippen LogP contribution is 2.17. The molecule has 15 heavy (non-hydrogen) atoms. The zero-order valence-electron chi connectivity index (χ0n) is 9.91. The summed E-state index contributed by atoms with van der Waals surface area (Å²) in [7, 11) is 2.77. The zero-order chi connectivity index (χ0) is 11.8. The van der Waals surface area contributed by atoms with Crippen molar-refractivity contribution in [1.29, 1.82) is 0 Å². The molecule has 0 aliphatic rings. The maximum Gasteiger partial charge on any atom is 0.308 e. The van der Waals surface area contributed by atoms with Gasteiger partial charge in [-0.3, -0.25) is 9.59 Å². The number of rotatable bonds is 6. The first-order valence-corrected chi connectivity index (χ1v) is 5.15. The van der Waals surface area contributed by atoms with E-state index >= 15 is 0 Å². The molecular formula is C11H20O4. The molecule has 0 aromatic rings. The Balaban J connectivity index is 3.78. The van der Waals surface area contributed by atoms with Gasteiger partial charge in [-0.25, -0.2) is 0 Å². The molecule has 0 rings (SSSR count). The van der Waals surface area contributed by atoms with E-state index in [0.29, 0.717) is 12.3 Å². The highest BCUT2D eigenvalue weighted by molar-refractivity contribution is 5.71. The van der Waals surface area contributed by atoms with Gasteiger partial charge in [-0.05, 0) is 18.8 Å². The van der Waals surface area contributed by atoms with Crippen molar-refractivity contribution in [3.8, 4) is 0 Å². The molecule has 0 amide bonds. The third-order valence-electron chi connectivity index (χ3n) is 2.43. The Hall–Kier alpha value is -1.06. The standard InChI is InChI=1S/C11H20O4/c1-8(5-6-10(12)14-3)7-9(2)11(13)15-4/h8-9H,5-7H2,1-4H3. The average molecular weight is 216 g/mol. The van der Waals surface area contributed by atoms with Crippen LogP contribution in [0.4, 0.5) is 0 Å². The van der Waals surface area contributed by atoms with Crippen molar-refractivity contribution in [2.45, 2.75) is 33.1 Å². The van der Waals surface area contributed by atoms with Crippen LogP contribution in [-0.2, 0) is 19.1 Å². The number of hydrogen-bond acceptors (Lipinski definition) is 4. The molecule has 0 aliphatic heterocycles. The second kappa shape index (κ2) is 7.26. The highest BCUT2D eigenvalue weighted by Gasteiger charge is 2.17. The summed E-state index contributed by atoms with van der Waals surface area (Å²) in [6.07, 6.45) is 1.89. The van der Waals surface area contributed by atoms with E-state index in [4.69, 9.17) is 0 Å². The summed E-state index contributed by atoms with van der Waals surface area (Å²) in [5.41, 5.74) is 0. The van der Waals surface area contributed by atoms with E-state index in [0.717, 1.165) is 12.8 Å². The first-order valence-electron chi connectivity index (χ1n) is 5.15. The number of esters is 2. The summed E-state index contributed by atoms with van der Waals surface area (Å²) >= 11 is 0. The van der Waals surface area contributed by atoms with Gasteiger partial charge in [0.1, 0.15) is 0 Å². The quantitative estimate of drug-likeness (QED) is 0.635. The third-order valence-corrected chi connectivity index (χ3v) is 2.43. The molecule has 2 atom stereocenters. The zero-order valence-corrected chi connectivity index (χ0v) is 9.91. The Morgan fingerprint density at radius 3 is 2.20 bits per heavy atom. The van der Waals surface area contributed by atoms with E-state index in [2.05, 4.69) is 9.47 Å². The SMILES string of the molecule is COC(=O)CCC(C)CC(C)C(=O)OC. The van der Waals surface area contributed by atoms with Crippen LogP contribution >= 0.6 is 0 Å². The van der Waals surface area contributed by atoms with E-state index in [1.54, 1.807) is 0 Å². The van der Waals surface area contributed by atoms with Crippen molar-refractivity contribution in [2.75, 3.05) is 14.2 Å². The average Bonchev–Trinajstić information content (AvgIpc) is 2.24. The molecule has 0 spiro atoms. The summed E-state index contributed by atoms with van der Waals surface area (Å²) in [6.45, 7) is 3.85. The summed E-state index contributed by atoms with van der Waals surface area (Å²) in [4.78, 5) is 22.0. The lowest BCUT2D eigenvalue weighted by Gasteiger charge is -2.14. The second-order valence-corrected chi connectivity index (χ2v) is 3.88. The van der Waals surface area contributed by atoms with Gasteiger partial charge >= 0.3 is 11.9 Å². The minimum Gasteiger partial charge on any atom is -0.469 e. The molecule has 0 radical (unpaired) electrons. The Kier molecular flexibility index (Phi) is 6.75. The predicted octanol–water partition coefficient (Wildman–Crippen LogP) is 1.77. The molecular weight excluding hydrogens is 196 g/mol. The first-order chi connectivity index (χ1) is 7.01. The fourth-order valence-electron chi connectivity index (χ4n) is 1.49. The number of carbonyl (C=O) groups excluding carboxylic acids is 2. The topological polar surface area (TPSA) is 52.6 Å². The van der Waals surface area contributed by atoms with E-state index in [1.165, 1.54) is 14.2 Å². The third kappa shape index (κ3) is 6.10. The predicted molar refractivity (Wildman–Crippen MR) is 56.2 cm³/mol. The van der Waals surface area contributed by atoms with E-state index in [9.17, 15) is 9.59 Å². The molecule has 0 aliphatic carbocycles. The van der Waals surface area contributed by atoms with Crippen molar-refractivity contribution < 1.29 is 19.1 Å². The number of methoxy groups -OCH3 is 2. The molecule has 0 saturated carbocycles. The lowest BCUT2D eigenvalue weighted by atomic mass is 9.94. The first kappa shape index (κ1) is 13.9. The molecule has 0 aromatic carbocycles. The fourth-order valence-corrected chi connectivity index (χ4v) is 1.49. The summed E-state index contributed by atoms with van der Waals surface area (Å²) in [5, 5.41) is 0. The van der Waals surface area contributed by atoms with Crippen LogP contribution in [0.3, 0.4) is 0 Å². The summed E-state index contributed by atoms with van der Waals surface area (Å²) in [5.74, 6) is -0.187. The van der Waals surface area contributed by atoms with Crippen LogP contribution in [0.25, 0.3) is 0 Å². The largest absolute Gasteiger partial charge is 0.469 e. The van der Waals surface area contributed by atoms with E-state index in [-0.39, 0.29) is 17.9 Å². The fraction of sp³-hybridized carbons (Fsp3) is 0.818. The molecule has 0 bridgehead atoms. The lowest BCUT2D eigenvalue weighted by Crippen LogP contribution is -2.16. The molecule has 0 aromatic heterocycles. The van der Waals surface area contributed by atoms with Crippen LogP contribution < -0.4 is 0 Å². The van der Waals surface area contributed by atoms with Crippen molar-refractivity contribution in [1.82, 2.24) is 0 Å². The molecule has 0 fully saturated rings. The van der Waals surface area contributed by atoms with Crippen molar-refractivity contribution in [3.63, 3.8) is 0 Å². The van der Waals surface area contributed by atoms with Gasteiger partial charge in [-0.15, -0.1) is 0 Å². The van der Waals surface area contributed by atoms with Crippen LogP contribution in [0.1, 0.15) is 33.1 Å². The Labute approximate surface area is 90.9 Å². The van der Waals surface area contributed by atoms with Crippen LogP contribution in [0, 0.1) is 11.8 Å².